The maximum Gasteiger partial charge on any atom is 0.185 e. The summed E-state index contributed by atoms with van der Waals surface area (Å²) in [5.74, 6) is -0.518. The van der Waals surface area contributed by atoms with Crippen molar-refractivity contribution in [3.63, 3.8) is 0 Å². The molecule has 0 aliphatic heterocycles. The van der Waals surface area contributed by atoms with Crippen LogP contribution in [0.25, 0.3) is 0 Å². The number of ether oxygens (including phenoxy) is 1. The Morgan fingerprint density at radius 1 is 1.11 bits per heavy atom. The van der Waals surface area contributed by atoms with E-state index < -0.39 is 21.0 Å². The number of hydrogen-bond donors (Lipinski definition) is 1. The summed E-state index contributed by atoms with van der Waals surface area (Å²) >= 11 is 0. The molecule has 0 saturated carbocycles. The lowest BCUT2D eigenvalue weighted by Crippen LogP contribution is -2.27. The fourth-order valence-electron chi connectivity index (χ4n) is 4.73. The number of carbonyl (C=O) groups is 1. The van der Waals surface area contributed by atoms with Gasteiger partial charge < -0.3 is 9.84 Å². The van der Waals surface area contributed by atoms with E-state index in [1.165, 1.54) is 25.3 Å². The van der Waals surface area contributed by atoms with Crippen LogP contribution >= 0.6 is 0 Å². The van der Waals surface area contributed by atoms with Gasteiger partial charge >= 0.3 is 0 Å². The quantitative estimate of drug-likeness (QED) is 0.484. The van der Waals surface area contributed by atoms with Gasteiger partial charge in [0.1, 0.15) is 17.3 Å². The molecular weight excluding hydrogens is 467 g/mol. The van der Waals surface area contributed by atoms with Crippen LogP contribution in [-0.4, -0.2) is 33.0 Å². The summed E-state index contributed by atoms with van der Waals surface area (Å²) in [6, 6.07) is 17.8. The predicted octanol–water partition coefficient (Wildman–Crippen LogP) is 4.82. The molecule has 3 aromatic carbocycles. The SMILES string of the molecule is COc1cccc(S(=O)(=O)C2C[C@H](CO)Cc3ccc(CC(=O)[C@@H](C)c4ccc(F)cc4)cc32)c1. The van der Waals surface area contributed by atoms with E-state index in [9.17, 15) is 22.7 Å². The summed E-state index contributed by atoms with van der Waals surface area (Å²) in [7, 11) is -2.29. The Morgan fingerprint density at radius 2 is 1.86 bits per heavy atom. The standard InChI is InChI=1S/C28H29FO5S/c1-18(21-8-10-23(29)11-9-21)27(31)14-19-6-7-22-12-20(17-30)15-28(26(22)13-19)35(32,33)25-5-3-4-24(16-25)34-2/h3-11,13,16,18,20,28,30H,12,14-15,17H2,1-2H3/t18-,20+,28?/m0/s1. The fraction of sp³-hybridized carbons (Fsp3) is 0.321. The number of carbonyl (C=O) groups excluding carboxylic acids is 1. The van der Waals surface area contributed by atoms with Gasteiger partial charge in [-0.2, -0.15) is 0 Å². The summed E-state index contributed by atoms with van der Waals surface area (Å²) in [6.45, 7) is 1.69. The van der Waals surface area contributed by atoms with Gasteiger partial charge in [-0.25, -0.2) is 12.8 Å². The van der Waals surface area contributed by atoms with Crippen LogP contribution in [0.3, 0.4) is 0 Å². The van der Waals surface area contributed by atoms with Gasteiger partial charge in [0, 0.05) is 18.9 Å². The molecule has 1 N–H and O–H groups in total. The molecule has 0 saturated heterocycles. The summed E-state index contributed by atoms with van der Waals surface area (Å²) < 4.78 is 45.9. The van der Waals surface area contributed by atoms with Crippen LogP contribution in [0.2, 0.25) is 0 Å². The molecule has 3 atom stereocenters. The van der Waals surface area contributed by atoms with E-state index in [4.69, 9.17) is 4.74 Å². The van der Waals surface area contributed by atoms with E-state index in [0.717, 1.165) is 16.7 Å². The monoisotopic (exact) mass is 496 g/mol. The van der Waals surface area contributed by atoms with Crippen molar-refractivity contribution in [2.45, 2.75) is 42.2 Å². The van der Waals surface area contributed by atoms with Crippen LogP contribution in [-0.2, 0) is 27.5 Å². The number of aliphatic hydroxyl groups is 1. The van der Waals surface area contributed by atoms with Gasteiger partial charge in [0.2, 0.25) is 0 Å². The number of hydrogen-bond acceptors (Lipinski definition) is 5. The van der Waals surface area contributed by atoms with Crippen molar-refractivity contribution in [1.29, 1.82) is 0 Å². The van der Waals surface area contributed by atoms with Crippen molar-refractivity contribution in [2.24, 2.45) is 5.92 Å². The molecule has 35 heavy (non-hydrogen) atoms. The number of aliphatic hydroxyl groups excluding tert-OH is 1. The largest absolute Gasteiger partial charge is 0.497 e. The van der Waals surface area contributed by atoms with Gasteiger partial charge in [-0.3, -0.25) is 4.79 Å². The van der Waals surface area contributed by atoms with Gasteiger partial charge in [0.25, 0.3) is 0 Å². The highest BCUT2D eigenvalue weighted by atomic mass is 32.2. The number of halogens is 1. The van der Waals surface area contributed by atoms with E-state index >= 15 is 0 Å². The van der Waals surface area contributed by atoms with Gasteiger partial charge in [0.05, 0.1) is 17.3 Å². The van der Waals surface area contributed by atoms with Crippen molar-refractivity contribution >= 4 is 15.6 Å². The third-order valence-electron chi connectivity index (χ3n) is 6.85. The van der Waals surface area contributed by atoms with Gasteiger partial charge in [0.15, 0.2) is 9.84 Å². The van der Waals surface area contributed by atoms with Crippen molar-refractivity contribution < 1.29 is 27.4 Å². The maximum absolute atomic E-state index is 13.7. The lowest BCUT2D eigenvalue weighted by atomic mass is 9.82. The molecule has 0 heterocycles. The summed E-state index contributed by atoms with van der Waals surface area (Å²) in [5, 5.41) is 9.00. The van der Waals surface area contributed by atoms with Crippen LogP contribution in [0.15, 0.2) is 71.6 Å². The van der Waals surface area contributed by atoms with Gasteiger partial charge in [-0.1, -0.05) is 43.3 Å². The Kier molecular flexibility index (Phi) is 7.38. The molecule has 0 amide bonds. The molecule has 1 unspecified atom stereocenters. The van der Waals surface area contributed by atoms with Crippen LogP contribution in [0.4, 0.5) is 4.39 Å². The predicted molar refractivity (Wildman–Crippen MR) is 132 cm³/mol. The zero-order valence-corrected chi connectivity index (χ0v) is 20.6. The lowest BCUT2D eigenvalue weighted by Gasteiger charge is -2.31. The van der Waals surface area contributed by atoms with E-state index in [2.05, 4.69) is 0 Å². The zero-order valence-electron chi connectivity index (χ0n) is 19.8. The minimum atomic E-state index is -3.77. The Balaban J connectivity index is 1.66. The van der Waals surface area contributed by atoms with E-state index in [1.807, 2.05) is 18.2 Å². The second-order valence-electron chi connectivity index (χ2n) is 9.15. The number of Topliss-reactive ketones (excluding diaryl/α,β-unsaturated/α-hetero) is 1. The minimum Gasteiger partial charge on any atom is -0.497 e. The third kappa shape index (κ3) is 5.31. The molecule has 1 aliphatic rings. The van der Waals surface area contributed by atoms with Crippen molar-refractivity contribution in [2.75, 3.05) is 13.7 Å². The van der Waals surface area contributed by atoms with E-state index in [-0.39, 0.29) is 35.4 Å². The molecule has 0 fully saturated rings. The molecular formula is C28H29FO5S. The first kappa shape index (κ1) is 25.1. The van der Waals surface area contributed by atoms with Crippen molar-refractivity contribution in [1.82, 2.24) is 0 Å². The number of sulfone groups is 1. The molecule has 0 radical (unpaired) electrons. The fourth-order valence-corrected chi connectivity index (χ4v) is 6.69. The summed E-state index contributed by atoms with van der Waals surface area (Å²) in [4.78, 5) is 13.1. The van der Waals surface area contributed by atoms with Crippen molar-refractivity contribution in [3.05, 3.63) is 94.8 Å². The van der Waals surface area contributed by atoms with E-state index in [1.54, 1.807) is 37.3 Å². The number of ketones is 1. The minimum absolute atomic E-state index is 0.0344. The topological polar surface area (TPSA) is 80.7 Å². The van der Waals surface area contributed by atoms with Crippen LogP contribution in [0.1, 0.15) is 46.8 Å². The highest BCUT2D eigenvalue weighted by Crippen LogP contribution is 2.42. The molecule has 1 aliphatic carbocycles. The Morgan fingerprint density at radius 3 is 2.54 bits per heavy atom. The highest BCUT2D eigenvalue weighted by molar-refractivity contribution is 7.91. The molecule has 0 aromatic heterocycles. The number of rotatable bonds is 8. The summed E-state index contributed by atoms with van der Waals surface area (Å²) in [6.07, 6.45) is 1.02. The molecule has 0 spiro atoms. The van der Waals surface area contributed by atoms with E-state index in [0.29, 0.717) is 24.2 Å². The first-order valence-corrected chi connectivity index (χ1v) is 13.2. The first-order valence-electron chi connectivity index (χ1n) is 11.6. The molecule has 3 aromatic rings. The second kappa shape index (κ2) is 10.3. The second-order valence-corrected chi connectivity index (χ2v) is 11.3. The zero-order chi connectivity index (χ0) is 25.2. The molecule has 5 nitrogen and oxygen atoms in total. The molecule has 184 valence electrons. The summed E-state index contributed by atoms with van der Waals surface area (Å²) in [5.41, 5.74) is 3.02. The Labute approximate surface area is 205 Å². The number of fused-ring (bicyclic) bond motifs is 1. The third-order valence-corrected chi connectivity index (χ3v) is 8.95. The average molecular weight is 497 g/mol. The number of benzene rings is 3. The van der Waals surface area contributed by atoms with Crippen LogP contribution < -0.4 is 4.74 Å². The Hall–Kier alpha value is -3.03. The highest BCUT2D eigenvalue weighted by Gasteiger charge is 2.37. The lowest BCUT2D eigenvalue weighted by molar-refractivity contribution is -0.119. The first-order chi connectivity index (χ1) is 16.7. The molecule has 0 bridgehead atoms. The van der Waals surface area contributed by atoms with Gasteiger partial charge in [-0.05, 0) is 71.3 Å². The van der Waals surface area contributed by atoms with Crippen LogP contribution in [0.5, 0.6) is 5.75 Å². The average Bonchev–Trinajstić information content (AvgIpc) is 2.88. The number of methoxy groups -OCH3 is 1. The normalized spacial score (nSPS) is 18.5. The van der Waals surface area contributed by atoms with Gasteiger partial charge in [-0.15, -0.1) is 0 Å². The molecule has 4 rings (SSSR count). The van der Waals surface area contributed by atoms with Crippen LogP contribution in [0, 0.1) is 11.7 Å². The van der Waals surface area contributed by atoms with Crippen molar-refractivity contribution in [3.8, 4) is 5.75 Å². The maximum atomic E-state index is 13.7. The smallest absolute Gasteiger partial charge is 0.185 e. The Bertz CT molecular complexity index is 1320. The molecule has 7 heteroatoms.